The second-order valence-corrected chi connectivity index (χ2v) is 8.07. The van der Waals surface area contributed by atoms with Crippen molar-refractivity contribution in [1.29, 1.82) is 0 Å². The second kappa shape index (κ2) is 8.56. The molecule has 0 radical (unpaired) electrons. The number of halogens is 1. The van der Waals surface area contributed by atoms with Crippen LogP contribution in [0.15, 0.2) is 60.7 Å². The van der Waals surface area contributed by atoms with Crippen LogP contribution in [0.1, 0.15) is 11.7 Å². The van der Waals surface area contributed by atoms with E-state index in [-0.39, 0.29) is 11.6 Å². The molecule has 3 rings (SSSR count). The quantitative estimate of drug-likeness (QED) is 0.544. The first-order chi connectivity index (χ1) is 13.7. The van der Waals surface area contributed by atoms with Crippen molar-refractivity contribution < 1.29 is 27.8 Å². The lowest BCUT2D eigenvalue weighted by Crippen LogP contribution is -2.12. The summed E-state index contributed by atoms with van der Waals surface area (Å²) in [5.74, 6) is 0.660. The van der Waals surface area contributed by atoms with E-state index in [0.29, 0.717) is 28.3 Å². The topological polar surface area (TPSA) is 109 Å². The molecule has 0 spiro atoms. The second-order valence-electron chi connectivity index (χ2n) is 6.32. The van der Waals surface area contributed by atoms with Crippen molar-refractivity contribution in [3.63, 3.8) is 0 Å². The summed E-state index contributed by atoms with van der Waals surface area (Å²) in [4.78, 5) is 4.26. The van der Waals surface area contributed by atoms with Gasteiger partial charge in [0.2, 0.25) is 10.0 Å². The number of pyridine rings is 1. The van der Waals surface area contributed by atoms with Crippen LogP contribution >= 0.6 is 0 Å². The van der Waals surface area contributed by atoms with E-state index in [4.69, 9.17) is 4.74 Å². The van der Waals surface area contributed by atoms with Crippen LogP contribution < -0.4 is 9.46 Å². The van der Waals surface area contributed by atoms with Gasteiger partial charge in [-0.25, -0.2) is 17.8 Å². The zero-order valence-corrected chi connectivity index (χ0v) is 16.2. The average molecular weight is 418 g/mol. The maximum absolute atomic E-state index is 13.0. The van der Waals surface area contributed by atoms with Crippen LogP contribution in [0, 0.1) is 5.82 Å². The van der Waals surface area contributed by atoms with Crippen LogP contribution in [-0.4, -0.2) is 36.5 Å². The van der Waals surface area contributed by atoms with Gasteiger partial charge in [0.05, 0.1) is 18.6 Å². The summed E-state index contributed by atoms with van der Waals surface area (Å²) in [6, 6.07) is 15.3. The number of nitrogens with zero attached hydrogens (tertiary/aromatic N) is 1. The van der Waals surface area contributed by atoms with Crippen molar-refractivity contribution in [2.45, 2.75) is 6.10 Å². The summed E-state index contributed by atoms with van der Waals surface area (Å²) in [6.45, 7) is -0.522. The minimum atomic E-state index is -3.57. The number of nitrogens with one attached hydrogen (secondary N) is 1. The molecule has 0 fully saturated rings. The van der Waals surface area contributed by atoms with E-state index in [9.17, 15) is 23.0 Å². The highest BCUT2D eigenvalue weighted by molar-refractivity contribution is 7.92. The Balaban J connectivity index is 1.90. The van der Waals surface area contributed by atoms with E-state index in [0.717, 1.165) is 6.26 Å². The fourth-order valence-electron chi connectivity index (χ4n) is 2.57. The van der Waals surface area contributed by atoms with E-state index in [1.54, 1.807) is 30.3 Å². The van der Waals surface area contributed by atoms with E-state index >= 15 is 0 Å². The minimum absolute atomic E-state index is 0.0270. The van der Waals surface area contributed by atoms with E-state index in [1.165, 1.54) is 30.3 Å². The molecule has 1 heterocycles. The zero-order chi connectivity index (χ0) is 21.0. The van der Waals surface area contributed by atoms with Gasteiger partial charge in [-0.05, 0) is 66.2 Å². The third kappa shape index (κ3) is 5.74. The standard InChI is InChI=1S/C20H19FN2O5S/c1-29(26,27)23-20-11-14(19(25)12-24)10-18(22-20)13-2-6-16(7-3-13)28-17-8-4-15(21)5-9-17/h2-11,19,24-25H,12H2,1H3,(H,22,23)/t19-/m1/s1. The van der Waals surface area contributed by atoms with Crippen molar-refractivity contribution in [2.75, 3.05) is 17.6 Å². The number of hydrogen-bond acceptors (Lipinski definition) is 6. The molecule has 0 aliphatic heterocycles. The molecule has 0 amide bonds. The number of hydrogen-bond donors (Lipinski definition) is 3. The summed E-state index contributed by atoms with van der Waals surface area (Å²) in [6.07, 6.45) is -0.191. The average Bonchev–Trinajstić information content (AvgIpc) is 2.68. The molecule has 1 atom stereocenters. The minimum Gasteiger partial charge on any atom is -0.457 e. The van der Waals surface area contributed by atoms with Crippen molar-refractivity contribution in [2.24, 2.45) is 0 Å². The van der Waals surface area contributed by atoms with E-state index < -0.39 is 22.7 Å². The zero-order valence-electron chi connectivity index (χ0n) is 15.4. The number of aliphatic hydroxyl groups is 2. The van der Waals surface area contributed by atoms with Crippen molar-refractivity contribution >= 4 is 15.8 Å². The van der Waals surface area contributed by atoms with Gasteiger partial charge in [-0.15, -0.1) is 0 Å². The van der Waals surface area contributed by atoms with Gasteiger partial charge in [-0.2, -0.15) is 0 Å². The molecule has 1 aromatic heterocycles. The van der Waals surface area contributed by atoms with Crippen LogP contribution in [0.25, 0.3) is 11.3 Å². The Labute approximate surface area is 167 Å². The largest absolute Gasteiger partial charge is 0.457 e. The first-order valence-corrected chi connectivity index (χ1v) is 10.5. The first kappa shape index (κ1) is 20.7. The summed E-state index contributed by atoms with van der Waals surface area (Å²) < 4.78 is 44.0. The number of benzene rings is 2. The summed E-state index contributed by atoms with van der Waals surface area (Å²) in [7, 11) is -3.57. The van der Waals surface area contributed by atoms with Crippen molar-refractivity contribution in [3.8, 4) is 22.8 Å². The molecule has 7 nitrogen and oxygen atoms in total. The Morgan fingerprint density at radius 2 is 1.66 bits per heavy atom. The number of aromatic nitrogens is 1. The molecule has 2 aromatic carbocycles. The predicted octanol–water partition coefficient (Wildman–Crippen LogP) is 3.08. The van der Waals surface area contributed by atoms with E-state index in [2.05, 4.69) is 9.71 Å². The summed E-state index contributed by atoms with van der Waals surface area (Å²) in [5.41, 5.74) is 1.35. The van der Waals surface area contributed by atoms with Gasteiger partial charge in [-0.1, -0.05) is 0 Å². The SMILES string of the molecule is CS(=O)(=O)Nc1cc([C@H](O)CO)cc(-c2ccc(Oc3ccc(F)cc3)cc2)n1. The molecular weight excluding hydrogens is 399 g/mol. The molecule has 0 bridgehead atoms. The lowest BCUT2D eigenvalue weighted by Gasteiger charge is -2.13. The van der Waals surface area contributed by atoms with Crippen LogP contribution in [-0.2, 0) is 10.0 Å². The number of anilines is 1. The summed E-state index contributed by atoms with van der Waals surface area (Å²) >= 11 is 0. The Morgan fingerprint density at radius 1 is 1.07 bits per heavy atom. The highest BCUT2D eigenvalue weighted by Gasteiger charge is 2.13. The molecule has 152 valence electrons. The molecule has 0 aliphatic rings. The maximum atomic E-state index is 13.0. The molecule has 0 saturated carbocycles. The van der Waals surface area contributed by atoms with Crippen LogP contribution in [0.2, 0.25) is 0 Å². The van der Waals surface area contributed by atoms with Crippen LogP contribution in [0.4, 0.5) is 10.2 Å². The monoisotopic (exact) mass is 418 g/mol. The van der Waals surface area contributed by atoms with Gasteiger partial charge in [0.15, 0.2) is 0 Å². The van der Waals surface area contributed by atoms with Crippen molar-refractivity contribution in [1.82, 2.24) is 4.98 Å². The summed E-state index contributed by atoms with van der Waals surface area (Å²) in [5, 5.41) is 19.2. The fourth-order valence-corrected chi connectivity index (χ4v) is 3.06. The molecule has 0 saturated heterocycles. The van der Waals surface area contributed by atoms with Gasteiger partial charge in [0.1, 0.15) is 29.2 Å². The van der Waals surface area contributed by atoms with Crippen LogP contribution in [0.5, 0.6) is 11.5 Å². The predicted molar refractivity (Wildman–Crippen MR) is 107 cm³/mol. The molecule has 0 unspecified atom stereocenters. The first-order valence-electron chi connectivity index (χ1n) is 8.56. The lowest BCUT2D eigenvalue weighted by atomic mass is 10.1. The Bertz CT molecular complexity index is 1090. The van der Waals surface area contributed by atoms with E-state index in [1.807, 2.05) is 0 Å². The van der Waals surface area contributed by atoms with Gasteiger partial charge >= 0.3 is 0 Å². The number of ether oxygens (including phenoxy) is 1. The molecule has 3 N–H and O–H groups in total. The number of rotatable bonds is 7. The van der Waals surface area contributed by atoms with Gasteiger partial charge in [0, 0.05) is 5.56 Å². The Morgan fingerprint density at radius 3 is 2.21 bits per heavy atom. The maximum Gasteiger partial charge on any atom is 0.230 e. The Hall–Kier alpha value is -3.01. The van der Waals surface area contributed by atoms with Crippen LogP contribution in [0.3, 0.4) is 0 Å². The smallest absolute Gasteiger partial charge is 0.230 e. The fraction of sp³-hybridized carbons (Fsp3) is 0.150. The van der Waals surface area contributed by atoms with Gasteiger partial charge < -0.3 is 14.9 Å². The van der Waals surface area contributed by atoms with Crippen molar-refractivity contribution in [3.05, 3.63) is 72.0 Å². The third-order valence-corrected chi connectivity index (χ3v) is 4.47. The third-order valence-electron chi connectivity index (χ3n) is 3.89. The molecule has 9 heteroatoms. The Kier molecular flexibility index (Phi) is 6.12. The molecule has 29 heavy (non-hydrogen) atoms. The molecule has 3 aromatic rings. The number of aliphatic hydroxyl groups excluding tert-OH is 2. The number of sulfonamides is 1. The molecular formula is C20H19FN2O5S. The normalized spacial score (nSPS) is 12.4. The highest BCUT2D eigenvalue weighted by atomic mass is 32.2. The highest BCUT2D eigenvalue weighted by Crippen LogP contribution is 2.28. The van der Waals surface area contributed by atoms with Gasteiger partial charge in [-0.3, -0.25) is 4.72 Å². The van der Waals surface area contributed by atoms with Gasteiger partial charge in [0.25, 0.3) is 0 Å². The molecule has 0 aliphatic carbocycles. The lowest BCUT2D eigenvalue weighted by molar-refractivity contribution is 0.0956.